The molecule has 1 aliphatic carbocycles. The smallest absolute Gasteiger partial charge is 0.123 e. The predicted molar refractivity (Wildman–Crippen MR) is 82.4 cm³/mol. The maximum absolute atomic E-state index is 5.48. The minimum atomic E-state index is 0.262. The standard InChI is InChI=1S/C17H27NO2/c1-11-6-8-16(12(11)2)18-13(3)15-10-14(19-4)7-9-17(15)20-5/h7,9-13,16,18H,6,8H2,1-5H3. The van der Waals surface area contributed by atoms with Crippen LogP contribution in [0, 0.1) is 11.8 Å². The largest absolute Gasteiger partial charge is 0.497 e. The predicted octanol–water partition coefficient (Wildman–Crippen LogP) is 3.79. The molecule has 0 spiro atoms. The number of hydrogen-bond acceptors (Lipinski definition) is 3. The molecule has 1 aromatic carbocycles. The van der Waals surface area contributed by atoms with Gasteiger partial charge >= 0.3 is 0 Å². The van der Waals surface area contributed by atoms with Crippen LogP contribution in [0.25, 0.3) is 0 Å². The molecule has 0 radical (unpaired) electrons. The summed E-state index contributed by atoms with van der Waals surface area (Å²) in [5, 5.41) is 3.77. The molecule has 0 aromatic heterocycles. The van der Waals surface area contributed by atoms with Crippen molar-refractivity contribution in [2.24, 2.45) is 11.8 Å². The third-order valence-corrected chi connectivity index (χ3v) is 4.83. The van der Waals surface area contributed by atoms with Crippen LogP contribution in [0.4, 0.5) is 0 Å². The molecule has 3 heteroatoms. The molecule has 1 aromatic rings. The third kappa shape index (κ3) is 3.09. The Morgan fingerprint density at radius 3 is 2.45 bits per heavy atom. The van der Waals surface area contributed by atoms with Crippen LogP contribution in [0.1, 0.15) is 45.2 Å². The van der Waals surface area contributed by atoms with Crippen molar-refractivity contribution >= 4 is 0 Å². The van der Waals surface area contributed by atoms with E-state index < -0.39 is 0 Å². The number of rotatable bonds is 5. The van der Waals surface area contributed by atoms with Gasteiger partial charge in [-0.25, -0.2) is 0 Å². The molecule has 112 valence electrons. The van der Waals surface area contributed by atoms with Crippen molar-refractivity contribution in [2.75, 3.05) is 14.2 Å². The highest BCUT2D eigenvalue weighted by Gasteiger charge is 2.30. The van der Waals surface area contributed by atoms with Crippen molar-refractivity contribution < 1.29 is 9.47 Å². The molecular weight excluding hydrogens is 250 g/mol. The van der Waals surface area contributed by atoms with Gasteiger partial charge in [-0.2, -0.15) is 0 Å². The lowest BCUT2D eigenvalue weighted by Gasteiger charge is -2.25. The fourth-order valence-electron chi connectivity index (χ4n) is 3.19. The summed E-state index contributed by atoms with van der Waals surface area (Å²) < 4.78 is 10.8. The minimum Gasteiger partial charge on any atom is -0.497 e. The second-order valence-electron chi connectivity index (χ2n) is 6.02. The Labute approximate surface area is 122 Å². The van der Waals surface area contributed by atoms with Gasteiger partial charge in [-0.05, 0) is 49.8 Å². The van der Waals surface area contributed by atoms with Gasteiger partial charge in [-0.15, -0.1) is 0 Å². The van der Waals surface area contributed by atoms with Gasteiger partial charge < -0.3 is 14.8 Å². The molecule has 1 fully saturated rings. The summed E-state index contributed by atoms with van der Waals surface area (Å²) in [4.78, 5) is 0. The molecule has 3 nitrogen and oxygen atoms in total. The molecule has 20 heavy (non-hydrogen) atoms. The van der Waals surface area contributed by atoms with E-state index >= 15 is 0 Å². The third-order valence-electron chi connectivity index (χ3n) is 4.83. The van der Waals surface area contributed by atoms with Crippen LogP contribution >= 0.6 is 0 Å². The molecule has 0 saturated heterocycles. The van der Waals surface area contributed by atoms with Gasteiger partial charge in [0.1, 0.15) is 11.5 Å². The molecule has 0 amide bonds. The van der Waals surface area contributed by atoms with Crippen LogP contribution in [0.15, 0.2) is 18.2 Å². The lowest BCUT2D eigenvalue weighted by Crippen LogP contribution is -2.34. The van der Waals surface area contributed by atoms with Gasteiger partial charge in [0.15, 0.2) is 0 Å². The van der Waals surface area contributed by atoms with E-state index in [4.69, 9.17) is 9.47 Å². The average molecular weight is 277 g/mol. The second kappa shape index (κ2) is 6.49. The average Bonchev–Trinajstić information content (AvgIpc) is 2.78. The minimum absolute atomic E-state index is 0.262. The summed E-state index contributed by atoms with van der Waals surface area (Å²) in [5.74, 6) is 3.34. The maximum Gasteiger partial charge on any atom is 0.123 e. The number of methoxy groups -OCH3 is 2. The Morgan fingerprint density at radius 2 is 1.90 bits per heavy atom. The molecule has 0 heterocycles. The fraction of sp³-hybridized carbons (Fsp3) is 0.647. The molecule has 1 aliphatic rings. The molecule has 1 saturated carbocycles. The van der Waals surface area contributed by atoms with E-state index in [0.717, 1.165) is 23.3 Å². The van der Waals surface area contributed by atoms with Crippen LogP contribution in [0.5, 0.6) is 11.5 Å². The van der Waals surface area contributed by atoms with Gasteiger partial charge in [0, 0.05) is 17.6 Å². The lowest BCUT2D eigenvalue weighted by molar-refractivity contribution is 0.338. The summed E-state index contributed by atoms with van der Waals surface area (Å²) >= 11 is 0. The van der Waals surface area contributed by atoms with E-state index in [1.54, 1.807) is 14.2 Å². The first-order valence-corrected chi connectivity index (χ1v) is 7.54. The normalized spacial score (nSPS) is 27.4. The Morgan fingerprint density at radius 1 is 1.15 bits per heavy atom. The number of benzene rings is 1. The van der Waals surface area contributed by atoms with Crippen LogP contribution in [0.2, 0.25) is 0 Å². The number of hydrogen-bond donors (Lipinski definition) is 1. The van der Waals surface area contributed by atoms with Crippen molar-refractivity contribution in [3.8, 4) is 11.5 Å². The molecule has 0 bridgehead atoms. The molecule has 0 aliphatic heterocycles. The van der Waals surface area contributed by atoms with Gasteiger partial charge in [0.2, 0.25) is 0 Å². The van der Waals surface area contributed by atoms with Crippen molar-refractivity contribution in [3.05, 3.63) is 23.8 Å². The SMILES string of the molecule is COc1ccc(OC)c(C(C)NC2CCC(C)C2C)c1. The summed E-state index contributed by atoms with van der Waals surface area (Å²) in [5.41, 5.74) is 1.17. The van der Waals surface area contributed by atoms with Gasteiger partial charge in [0.05, 0.1) is 14.2 Å². The zero-order valence-electron chi connectivity index (χ0n) is 13.3. The maximum atomic E-state index is 5.48. The fourth-order valence-corrected chi connectivity index (χ4v) is 3.19. The second-order valence-corrected chi connectivity index (χ2v) is 6.02. The molecular formula is C17H27NO2. The molecule has 4 unspecified atom stereocenters. The monoisotopic (exact) mass is 277 g/mol. The lowest BCUT2D eigenvalue weighted by atomic mass is 9.96. The van der Waals surface area contributed by atoms with E-state index in [1.165, 1.54) is 18.4 Å². The van der Waals surface area contributed by atoms with Crippen LogP contribution in [0.3, 0.4) is 0 Å². The van der Waals surface area contributed by atoms with Gasteiger partial charge in [0.25, 0.3) is 0 Å². The first-order chi connectivity index (χ1) is 9.56. The zero-order chi connectivity index (χ0) is 14.7. The number of nitrogens with one attached hydrogen (secondary N) is 1. The van der Waals surface area contributed by atoms with Crippen molar-refractivity contribution in [1.29, 1.82) is 0 Å². The van der Waals surface area contributed by atoms with Gasteiger partial charge in [-0.1, -0.05) is 13.8 Å². The highest BCUT2D eigenvalue weighted by molar-refractivity contribution is 5.42. The van der Waals surface area contributed by atoms with Crippen LogP contribution in [-0.2, 0) is 0 Å². The Balaban J connectivity index is 2.13. The molecule has 4 atom stereocenters. The summed E-state index contributed by atoms with van der Waals surface area (Å²) in [6.07, 6.45) is 2.58. The van der Waals surface area contributed by atoms with Crippen molar-refractivity contribution in [2.45, 2.75) is 45.7 Å². The quantitative estimate of drug-likeness (QED) is 0.888. The summed E-state index contributed by atoms with van der Waals surface area (Å²) in [6.45, 7) is 6.90. The number of ether oxygens (including phenoxy) is 2. The Kier molecular flexibility index (Phi) is 4.92. The van der Waals surface area contributed by atoms with Gasteiger partial charge in [-0.3, -0.25) is 0 Å². The molecule has 2 rings (SSSR count). The van der Waals surface area contributed by atoms with Crippen LogP contribution < -0.4 is 14.8 Å². The first kappa shape index (κ1) is 15.2. The topological polar surface area (TPSA) is 30.5 Å². The van der Waals surface area contributed by atoms with Crippen molar-refractivity contribution in [1.82, 2.24) is 5.32 Å². The van der Waals surface area contributed by atoms with Crippen LogP contribution in [-0.4, -0.2) is 20.3 Å². The van der Waals surface area contributed by atoms with E-state index in [9.17, 15) is 0 Å². The van der Waals surface area contributed by atoms with E-state index in [2.05, 4.69) is 32.2 Å². The Hall–Kier alpha value is -1.22. The van der Waals surface area contributed by atoms with E-state index in [1.807, 2.05) is 12.1 Å². The Bertz CT molecular complexity index is 447. The highest BCUT2D eigenvalue weighted by Crippen LogP contribution is 2.35. The zero-order valence-corrected chi connectivity index (χ0v) is 13.3. The van der Waals surface area contributed by atoms with Crippen molar-refractivity contribution in [3.63, 3.8) is 0 Å². The van der Waals surface area contributed by atoms with E-state index in [-0.39, 0.29) is 6.04 Å². The summed E-state index contributed by atoms with van der Waals surface area (Å²) in [7, 11) is 3.42. The molecule has 1 N–H and O–H groups in total. The summed E-state index contributed by atoms with van der Waals surface area (Å²) in [6, 6.07) is 6.84. The first-order valence-electron chi connectivity index (χ1n) is 7.54. The highest BCUT2D eigenvalue weighted by atomic mass is 16.5. The van der Waals surface area contributed by atoms with E-state index in [0.29, 0.717) is 6.04 Å².